The van der Waals surface area contributed by atoms with Crippen LogP contribution in [0.2, 0.25) is 5.02 Å². The fraction of sp³-hybridized carbons (Fsp3) is 0.406. The van der Waals surface area contributed by atoms with Crippen LogP contribution >= 0.6 is 11.6 Å². The first-order valence-electron chi connectivity index (χ1n) is 14.5. The molecule has 1 saturated heterocycles. The molecule has 44 heavy (non-hydrogen) atoms. The minimum Gasteiger partial charge on any atom is -0.496 e. The first-order valence-corrected chi connectivity index (χ1v) is 14.9. The summed E-state index contributed by atoms with van der Waals surface area (Å²) >= 11 is 6.17. The molecule has 1 aliphatic rings. The third-order valence-electron chi connectivity index (χ3n) is 7.58. The number of halogens is 1. The average Bonchev–Trinajstić information content (AvgIpc) is 3.60. The van der Waals surface area contributed by atoms with Gasteiger partial charge in [0.05, 0.1) is 23.7 Å². The molecule has 0 bridgehead atoms. The normalized spacial score (nSPS) is 15.9. The summed E-state index contributed by atoms with van der Waals surface area (Å²) in [5, 5.41) is 9.14. The number of aryl methyl sites for hydroxylation is 1. The SMILES string of the molecule is COc1cccc2[nH]c(C(=O)N[C@@H](CC(C)C)C(=O)N[C@@H](C[C@@H]3CCNC3=O)C(=O)COC(=O)c3c(C)cccc3Cl)cc12. The fourth-order valence-corrected chi connectivity index (χ4v) is 5.56. The molecule has 3 aromatic rings. The highest BCUT2D eigenvalue weighted by Gasteiger charge is 2.34. The lowest BCUT2D eigenvalue weighted by Gasteiger charge is -2.25. The van der Waals surface area contributed by atoms with Crippen molar-refractivity contribution in [2.45, 2.75) is 52.1 Å². The lowest BCUT2D eigenvalue weighted by atomic mass is 9.95. The number of ether oxygens (including phenoxy) is 2. The quantitative estimate of drug-likeness (QED) is 0.211. The third-order valence-corrected chi connectivity index (χ3v) is 7.89. The number of nitrogens with one attached hydrogen (secondary N) is 4. The molecule has 12 heteroatoms. The number of methoxy groups -OCH3 is 1. The van der Waals surface area contributed by atoms with Gasteiger partial charge in [-0.1, -0.05) is 43.6 Å². The van der Waals surface area contributed by atoms with E-state index in [0.29, 0.717) is 35.2 Å². The summed E-state index contributed by atoms with van der Waals surface area (Å²) in [5.41, 5.74) is 1.67. The van der Waals surface area contributed by atoms with Crippen molar-refractivity contribution in [3.8, 4) is 5.75 Å². The Hall–Kier alpha value is -4.38. The molecule has 0 saturated carbocycles. The number of hydrogen-bond donors (Lipinski definition) is 4. The first-order chi connectivity index (χ1) is 21.0. The standard InChI is InChI=1S/C32H37ClN4O7/c1-17(2)13-24(37-31(41)25-15-20-22(35-25)9-6-10-27(20)43-4)30(40)36-23(14-19-11-12-34-29(19)39)26(38)16-44-32(42)28-18(3)7-5-8-21(28)33/h5-10,15,17,19,23-24,35H,11-14,16H2,1-4H3,(H,34,39)(H,36,40)(H,37,41)/t19-,23-,24-/m0/s1. The van der Waals surface area contributed by atoms with Crippen molar-refractivity contribution in [2.75, 3.05) is 20.3 Å². The number of hydrogen-bond acceptors (Lipinski definition) is 7. The molecule has 1 aromatic heterocycles. The van der Waals surface area contributed by atoms with E-state index in [-0.39, 0.29) is 40.9 Å². The number of benzene rings is 2. The van der Waals surface area contributed by atoms with Gasteiger partial charge in [0.15, 0.2) is 12.4 Å². The number of carbonyl (C=O) groups excluding carboxylic acids is 5. The number of aromatic amines is 1. The number of amides is 3. The fourth-order valence-electron chi connectivity index (χ4n) is 5.26. The Bertz CT molecular complexity index is 1550. The number of carbonyl (C=O) groups is 5. The molecule has 0 aliphatic carbocycles. The van der Waals surface area contributed by atoms with Crippen LogP contribution in [0.25, 0.3) is 10.9 Å². The summed E-state index contributed by atoms with van der Waals surface area (Å²) in [6.07, 6.45) is 0.795. The molecular formula is C32H37ClN4O7. The van der Waals surface area contributed by atoms with Crippen molar-refractivity contribution in [3.05, 3.63) is 64.3 Å². The van der Waals surface area contributed by atoms with Crippen LogP contribution in [0.3, 0.4) is 0 Å². The largest absolute Gasteiger partial charge is 0.496 e. The van der Waals surface area contributed by atoms with Crippen LogP contribution in [-0.2, 0) is 19.1 Å². The Kier molecular flexibility index (Phi) is 10.6. The number of fused-ring (bicyclic) bond motifs is 1. The third kappa shape index (κ3) is 7.76. The van der Waals surface area contributed by atoms with Crippen LogP contribution in [0.5, 0.6) is 5.75 Å². The van der Waals surface area contributed by atoms with Crippen molar-refractivity contribution in [1.82, 2.24) is 20.9 Å². The van der Waals surface area contributed by atoms with E-state index in [4.69, 9.17) is 21.1 Å². The maximum Gasteiger partial charge on any atom is 0.340 e. The van der Waals surface area contributed by atoms with Crippen LogP contribution < -0.4 is 20.7 Å². The number of H-pyrrole nitrogens is 1. The van der Waals surface area contributed by atoms with Crippen molar-refractivity contribution in [2.24, 2.45) is 11.8 Å². The predicted octanol–water partition coefficient (Wildman–Crippen LogP) is 3.72. The van der Waals surface area contributed by atoms with E-state index in [1.807, 2.05) is 19.9 Å². The molecule has 0 radical (unpaired) electrons. The monoisotopic (exact) mass is 624 g/mol. The van der Waals surface area contributed by atoms with Crippen LogP contribution in [0.4, 0.5) is 0 Å². The van der Waals surface area contributed by atoms with Gasteiger partial charge in [-0.3, -0.25) is 19.2 Å². The van der Waals surface area contributed by atoms with E-state index in [0.717, 1.165) is 0 Å². The molecule has 4 N–H and O–H groups in total. The molecule has 4 rings (SSSR count). The summed E-state index contributed by atoms with van der Waals surface area (Å²) in [5.74, 6) is -2.58. The molecule has 234 valence electrons. The van der Waals surface area contributed by atoms with Gasteiger partial charge in [-0.05, 0) is 61.9 Å². The van der Waals surface area contributed by atoms with Crippen molar-refractivity contribution < 1.29 is 33.4 Å². The zero-order chi connectivity index (χ0) is 32.0. The second kappa shape index (κ2) is 14.4. The number of ketones is 1. The van der Waals surface area contributed by atoms with Gasteiger partial charge < -0.3 is 30.4 Å². The molecule has 11 nitrogen and oxygen atoms in total. The minimum atomic E-state index is -1.14. The van der Waals surface area contributed by atoms with Crippen molar-refractivity contribution >= 4 is 52.0 Å². The van der Waals surface area contributed by atoms with Crippen LogP contribution in [-0.4, -0.2) is 66.8 Å². The van der Waals surface area contributed by atoms with Crippen LogP contribution in [0.15, 0.2) is 42.5 Å². The van der Waals surface area contributed by atoms with Gasteiger partial charge in [0.1, 0.15) is 17.5 Å². The molecule has 1 fully saturated rings. The van der Waals surface area contributed by atoms with Gasteiger partial charge in [0.2, 0.25) is 11.8 Å². The number of Topliss-reactive ketones (excluding diaryl/α,β-unsaturated/α-hetero) is 1. The zero-order valence-electron chi connectivity index (χ0n) is 25.1. The van der Waals surface area contributed by atoms with Crippen LogP contribution in [0, 0.1) is 18.8 Å². The topological polar surface area (TPSA) is 156 Å². The molecule has 3 atom stereocenters. The highest BCUT2D eigenvalue weighted by atomic mass is 35.5. The molecule has 0 unspecified atom stereocenters. The minimum absolute atomic E-state index is 0.0171. The van der Waals surface area contributed by atoms with E-state index in [1.165, 1.54) is 7.11 Å². The van der Waals surface area contributed by atoms with Gasteiger partial charge in [-0.2, -0.15) is 0 Å². The number of esters is 1. The second-order valence-corrected chi connectivity index (χ2v) is 11.7. The van der Waals surface area contributed by atoms with Gasteiger partial charge >= 0.3 is 5.97 Å². The molecule has 1 aliphatic heterocycles. The second-order valence-electron chi connectivity index (χ2n) is 11.3. The van der Waals surface area contributed by atoms with Gasteiger partial charge in [0, 0.05) is 23.4 Å². The highest BCUT2D eigenvalue weighted by molar-refractivity contribution is 6.33. The number of rotatable bonds is 13. The Balaban J connectivity index is 1.50. The Morgan fingerprint density at radius 2 is 1.82 bits per heavy atom. The Morgan fingerprint density at radius 1 is 1.07 bits per heavy atom. The Morgan fingerprint density at radius 3 is 2.48 bits per heavy atom. The maximum atomic E-state index is 13.6. The van der Waals surface area contributed by atoms with E-state index < -0.39 is 48.2 Å². The lowest BCUT2D eigenvalue weighted by Crippen LogP contribution is -2.53. The van der Waals surface area contributed by atoms with E-state index in [2.05, 4.69) is 20.9 Å². The molecule has 2 heterocycles. The summed E-state index contributed by atoms with van der Waals surface area (Å²) in [6, 6.07) is 9.84. The predicted molar refractivity (Wildman–Crippen MR) is 165 cm³/mol. The summed E-state index contributed by atoms with van der Waals surface area (Å²) in [7, 11) is 1.54. The lowest BCUT2D eigenvalue weighted by molar-refractivity contribution is -0.131. The maximum absolute atomic E-state index is 13.6. The number of aromatic nitrogens is 1. The van der Waals surface area contributed by atoms with E-state index in [1.54, 1.807) is 43.3 Å². The summed E-state index contributed by atoms with van der Waals surface area (Å²) < 4.78 is 10.7. The highest BCUT2D eigenvalue weighted by Crippen LogP contribution is 2.26. The van der Waals surface area contributed by atoms with E-state index in [9.17, 15) is 24.0 Å². The van der Waals surface area contributed by atoms with Gasteiger partial charge in [-0.15, -0.1) is 0 Å². The average molecular weight is 625 g/mol. The smallest absolute Gasteiger partial charge is 0.340 e. The van der Waals surface area contributed by atoms with Crippen LogP contribution in [0.1, 0.15) is 59.5 Å². The van der Waals surface area contributed by atoms with Gasteiger partial charge in [0.25, 0.3) is 5.91 Å². The zero-order valence-corrected chi connectivity index (χ0v) is 25.9. The van der Waals surface area contributed by atoms with Crippen molar-refractivity contribution in [1.29, 1.82) is 0 Å². The van der Waals surface area contributed by atoms with Crippen molar-refractivity contribution in [3.63, 3.8) is 0 Å². The molecule has 0 spiro atoms. The summed E-state index contributed by atoms with van der Waals surface area (Å²) in [4.78, 5) is 68.4. The Labute approximate surface area is 260 Å². The molecule has 2 aromatic carbocycles. The van der Waals surface area contributed by atoms with Gasteiger partial charge in [-0.25, -0.2) is 4.79 Å². The summed E-state index contributed by atoms with van der Waals surface area (Å²) in [6.45, 7) is 5.33. The first kappa shape index (κ1) is 32.5. The molecule has 3 amide bonds. The van der Waals surface area contributed by atoms with E-state index >= 15 is 0 Å². The molecular weight excluding hydrogens is 588 g/mol.